The molecule has 0 aliphatic rings. The van der Waals surface area contributed by atoms with E-state index in [0.717, 1.165) is 17.2 Å². The van der Waals surface area contributed by atoms with E-state index in [1.54, 1.807) is 23.4 Å². The highest BCUT2D eigenvalue weighted by molar-refractivity contribution is 7.99. The molecule has 1 rings (SSSR count). The molecule has 5 nitrogen and oxygen atoms in total. The van der Waals surface area contributed by atoms with Crippen molar-refractivity contribution in [1.29, 1.82) is 0 Å². The van der Waals surface area contributed by atoms with Crippen LogP contribution in [0.4, 0.5) is 0 Å². The van der Waals surface area contributed by atoms with E-state index in [0.29, 0.717) is 11.6 Å². The largest absolute Gasteiger partial charge is 0.382 e. The van der Waals surface area contributed by atoms with Crippen molar-refractivity contribution in [2.75, 3.05) is 19.5 Å². The number of hydrogen-bond acceptors (Lipinski definition) is 5. The van der Waals surface area contributed by atoms with E-state index in [4.69, 9.17) is 20.6 Å². The number of thioether (sulfide) groups is 1. The summed E-state index contributed by atoms with van der Waals surface area (Å²) in [5.74, 6) is 0.969. The zero-order valence-corrected chi connectivity index (χ0v) is 16.3. The fourth-order valence-electron chi connectivity index (χ4n) is 2.01. The van der Waals surface area contributed by atoms with Gasteiger partial charge in [-0.15, -0.1) is 11.8 Å². The quantitative estimate of drug-likeness (QED) is 0.321. The molecule has 1 unspecified atom stereocenters. The molecule has 0 radical (unpaired) electrons. The lowest BCUT2D eigenvalue weighted by Crippen LogP contribution is -2.13. The van der Waals surface area contributed by atoms with Gasteiger partial charge in [0.1, 0.15) is 10.0 Å². The summed E-state index contributed by atoms with van der Waals surface area (Å²) in [6, 6.07) is 0. The summed E-state index contributed by atoms with van der Waals surface area (Å²) in [5, 5.41) is 5.59. The first-order valence-corrected chi connectivity index (χ1v) is 10.6. The number of nitrogens with zero attached hydrogens (tertiary/aromatic N) is 2. The minimum atomic E-state index is -3.44. The van der Waals surface area contributed by atoms with Gasteiger partial charge >= 0.3 is 7.60 Å². The van der Waals surface area contributed by atoms with Crippen LogP contribution in [0.2, 0.25) is 5.02 Å². The van der Waals surface area contributed by atoms with Crippen LogP contribution in [0, 0.1) is 0 Å². The maximum atomic E-state index is 12.7. The van der Waals surface area contributed by atoms with Crippen LogP contribution >= 0.6 is 31.0 Å². The van der Waals surface area contributed by atoms with Crippen molar-refractivity contribution >= 4 is 36.4 Å². The van der Waals surface area contributed by atoms with Crippen LogP contribution in [0.5, 0.6) is 0 Å². The maximum Gasteiger partial charge on any atom is 0.382 e. The van der Waals surface area contributed by atoms with Crippen molar-refractivity contribution in [3.63, 3.8) is 0 Å². The van der Waals surface area contributed by atoms with Crippen LogP contribution in [0.15, 0.2) is 5.03 Å². The lowest BCUT2D eigenvalue weighted by atomic mass is 10.2. The Bertz CT molecular complexity index is 511. The van der Waals surface area contributed by atoms with Crippen LogP contribution in [-0.4, -0.2) is 29.3 Å². The van der Waals surface area contributed by atoms with E-state index in [-0.39, 0.29) is 12.0 Å². The molecule has 8 heteroatoms. The Hall–Kier alpha value is -0.0000000000000000555. The normalized spacial score (nSPS) is 14.2. The number of aromatic nitrogens is 2. The second kappa shape index (κ2) is 9.99. The molecule has 0 amide bonds. The molecule has 1 atom stereocenters. The topological polar surface area (TPSA) is 53.4 Å². The lowest BCUT2D eigenvalue weighted by molar-refractivity contribution is 0.253. The number of unbranched alkanes of at least 4 members (excludes halogenated alkanes) is 3. The summed E-state index contributed by atoms with van der Waals surface area (Å²) in [4.78, 5) is 0. The standard InChI is InChI=1S/C14H26ClN2O3PS/c1-5-8-9-10-11-22-14-12(15)13(16-17(14)6-2)21(18,19-4)20-7-3/h5-11H2,1-4H3. The predicted molar refractivity (Wildman–Crippen MR) is 93.7 cm³/mol. The van der Waals surface area contributed by atoms with Gasteiger partial charge < -0.3 is 9.05 Å². The number of rotatable bonds is 11. The fraction of sp³-hybridized carbons (Fsp3) is 0.786. The van der Waals surface area contributed by atoms with Crippen molar-refractivity contribution in [1.82, 2.24) is 9.78 Å². The molecule has 0 fully saturated rings. The molecule has 0 N–H and O–H groups in total. The third-order valence-electron chi connectivity index (χ3n) is 3.17. The molecule has 0 aliphatic carbocycles. The summed E-state index contributed by atoms with van der Waals surface area (Å²) < 4.78 is 24.8. The van der Waals surface area contributed by atoms with Crippen LogP contribution in [-0.2, 0) is 20.2 Å². The summed E-state index contributed by atoms with van der Waals surface area (Å²) in [5.41, 5.74) is 0.219. The Kier molecular flexibility index (Phi) is 9.10. The van der Waals surface area contributed by atoms with Crippen LogP contribution in [0.3, 0.4) is 0 Å². The Morgan fingerprint density at radius 1 is 1.27 bits per heavy atom. The maximum absolute atomic E-state index is 12.7. The third-order valence-corrected chi connectivity index (χ3v) is 6.86. The van der Waals surface area contributed by atoms with Crippen molar-refractivity contribution in [2.24, 2.45) is 0 Å². The van der Waals surface area contributed by atoms with Gasteiger partial charge in [-0.3, -0.25) is 9.25 Å². The van der Waals surface area contributed by atoms with E-state index in [1.807, 2.05) is 6.92 Å². The summed E-state index contributed by atoms with van der Waals surface area (Å²) >= 11 is 8.06. The molecule has 22 heavy (non-hydrogen) atoms. The molecule has 0 spiro atoms. The SMILES string of the molecule is CCCCCCSc1c(Cl)c(P(=O)(OC)OCC)nn1CC. The van der Waals surface area contributed by atoms with E-state index < -0.39 is 7.60 Å². The van der Waals surface area contributed by atoms with Crippen molar-refractivity contribution in [3.05, 3.63) is 5.02 Å². The molecule has 0 saturated carbocycles. The first-order valence-electron chi connectivity index (χ1n) is 7.73. The van der Waals surface area contributed by atoms with Gasteiger partial charge in [-0.25, -0.2) is 0 Å². The molecule has 1 aromatic heterocycles. The fourth-order valence-corrected chi connectivity index (χ4v) is 5.08. The van der Waals surface area contributed by atoms with E-state index in [2.05, 4.69) is 12.0 Å². The highest BCUT2D eigenvalue weighted by Gasteiger charge is 2.34. The Labute approximate surface area is 142 Å². The number of aryl methyl sites for hydroxylation is 1. The zero-order valence-electron chi connectivity index (χ0n) is 13.8. The first-order chi connectivity index (χ1) is 10.5. The van der Waals surface area contributed by atoms with Gasteiger partial charge in [-0.1, -0.05) is 37.8 Å². The second-order valence-electron chi connectivity index (χ2n) is 4.77. The van der Waals surface area contributed by atoms with E-state index >= 15 is 0 Å². The zero-order chi connectivity index (χ0) is 16.6. The van der Waals surface area contributed by atoms with Crippen LogP contribution < -0.4 is 5.44 Å². The third kappa shape index (κ3) is 5.00. The van der Waals surface area contributed by atoms with Gasteiger partial charge in [0.15, 0.2) is 5.44 Å². The minimum absolute atomic E-state index is 0.219. The first kappa shape index (κ1) is 20.0. The second-order valence-corrected chi connectivity index (χ2v) is 8.27. The van der Waals surface area contributed by atoms with Crippen LogP contribution in [0.25, 0.3) is 0 Å². The average Bonchev–Trinajstić information content (AvgIpc) is 2.84. The van der Waals surface area contributed by atoms with Crippen LogP contribution in [0.1, 0.15) is 46.5 Å². The Morgan fingerprint density at radius 3 is 2.55 bits per heavy atom. The molecular formula is C14H26ClN2O3PS. The molecule has 1 aromatic rings. The number of halogens is 1. The highest BCUT2D eigenvalue weighted by atomic mass is 35.5. The average molecular weight is 369 g/mol. The summed E-state index contributed by atoms with van der Waals surface area (Å²) in [6.07, 6.45) is 4.81. The van der Waals surface area contributed by atoms with Crippen molar-refractivity contribution in [3.8, 4) is 0 Å². The number of hydrogen-bond donors (Lipinski definition) is 0. The molecule has 0 aromatic carbocycles. The molecular weight excluding hydrogens is 343 g/mol. The lowest BCUT2D eigenvalue weighted by Gasteiger charge is -2.12. The van der Waals surface area contributed by atoms with Gasteiger partial charge in [-0.2, -0.15) is 5.10 Å². The Morgan fingerprint density at radius 2 is 2.00 bits per heavy atom. The molecule has 0 saturated heterocycles. The van der Waals surface area contributed by atoms with E-state index in [1.165, 1.54) is 26.4 Å². The predicted octanol–water partition coefficient (Wildman–Crippen LogP) is 4.73. The van der Waals surface area contributed by atoms with Gasteiger partial charge in [0.2, 0.25) is 0 Å². The smallest absolute Gasteiger partial charge is 0.307 e. The monoisotopic (exact) mass is 368 g/mol. The minimum Gasteiger partial charge on any atom is -0.307 e. The highest BCUT2D eigenvalue weighted by Crippen LogP contribution is 2.48. The van der Waals surface area contributed by atoms with Gasteiger partial charge in [0, 0.05) is 13.7 Å². The van der Waals surface area contributed by atoms with Gasteiger partial charge in [-0.05, 0) is 26.0 Å². The summed E-state index contributed by atoms with van der Waals surface area (Å²) in [6.45, 7) is 6.87. The summed E-state index contributed by atoms with van der Waals surface area (Å²) in [7, 11) is -2.08. The molecule has 1 heterocycles. The Balaban J connectivity index is 2.92. The van der Waals surface area contributed by atoms with Gasteiger partial charge in [0.25, 0.3) is 0 Å². The van der Waals surface area contributed by atoms with Crippen molar-refractivity contribution in [2.45, 2.75) is 58.0 Å². The van der Waals surface area contributed by atoms with E-state index in [9.17, 15) is 4.57 Å². The van der Waals surface area contributed by atoms with Gasteiger partial charge in [0.05, 0.1) is 6.61 Å². The molecule has 0 bridgehead atoms. The molecule has 0 aliphatic heterocycles. The molecule has 128 valence electrons. The van der Waals surface area contributed by atoms with Crippen molar-refractivity contribution < 1.29 is 13.6 Å².